The first-order chi connectivity index (χ1) is 26.1. The molecule has 8 rings (SSSR count). The predicted octanol–water partition coefficient (Wildman–Crippen LogP) is 8.64. The summed E-state index contributed by atoms with van der Waals surface area (Å²) in [6.07, 6.45) is 9.98. The standard InChI is InChI=1S/C48H68N2O6/c1-28(2)37-33(51)26-48(50-41(54)47(49)22-23-47)24-21-45(8)30(38(37)48)15-16-35-44(7)19-18-36(43(5,6)34(44)17-20-46(35,45)9)56-40(53)32-25-31(42(32,3)4)39(52)55-27-29-13-11-10-12-14-29/h10-14,28,30-32,34-36H,15-27,49H2,1-9H3,(H,50,54)/t30-,31-,32+,34?,35?,36+,44+,45-,46-,48-/m1/s1. The van der Waals surface area contributed by atoms with E-state index >= 15 is 0 Å². The van der Waals surface area contributed by atoms with Gasteiger partial charge in [0.05, 0.1) is 22.9 Å². The molecule has 1 amide bonds. The molecule has 7 aliphatic carbocycles. The van der Waals surface area contributed by atoms with Crippen molar-refractivity contribution in [3.05, 3.63) is 47.0 Å². The highest BCUT2D eigenvalue weighted by atomic mass is 16.5. The highest BCUT2D eigenvalue weighted by molar-refractivity contribution is 6.03. The summed E-state index contributed by atoms with van der Waals surface area (Å²) < 4.78 is 12.2. The lowest BCUT2D eigenvalue weighted by Crippen LogP contribution is -2.68. The second kappa shape index (κ2) is 13.0. The summed E-state index contributed by atoms with van der Waals surface area (Å²) in [4.78, 5) is 54.6. The molecule has 0 aromatic heterocycles. The largest absolute Gasteiger partial charge is 0.462 e. The molecule has 306 valence electrons. The summed E-state index contributed by atoms with van der Waals surface area (Å²) in [5, 5.41) is 3.46. The smallest absolute Gasteiger partial charge is 0.309 e. The SMILES string of the molecule is CC(C)C1=C2[C@H]3CCC4[C@@]5(C)CC[C@H](OC(=O)[C@@H]6C[C@H](C(=O)OCc7ccccc7)C6(C)C)C(C)(C)C5CC[C@@]4(C)[C@]3(C)CC[C@@]2(NC(=O)C2(N)CC2)CC1=O. The molecule has 0 spiro atoms. The number of nitrogens with one attached hydrogen (secondary N) is 1. The Balaban J connectivity index is 0.984. The van der Waals surface area contributed by atoms with E-state index in [4.69, 9.17) is 15.2 Å². The number of fused-ring (bicyclic) bond motifs is 7. The van der Waals surface area contributed by atoms with E-state index in [1.165, 1.54) is 5.57 Å². The van der Waals surface area contributed by atoms with Gasteiger partial charge in [0.2, 0.25) is 5.91 Å². The number of carbonyl (C=O) groups excluding carboxylic acids is 4. The molecule has 8 heteroatoms. The summed E-state index contributed by atoms with van der Waals surface area (Å²) >= 11 is 0. The Morgan fingerprint density at radius 1 is 0.786 bits per heavy atom. The normalized spacial score (nSPS) is 41.3. The van der Waals surface area contributed by atoms with Crippen molar-refractivity contribution in [1.82, 2.24) is 5.32 Å². The predicted molar refractivity (Wildman–Crippen MR) is 216 cm³/mol. The molecular weight excluding hydrogens is 701 g/mol. The average molecular weight is 769 g/mol. The number of ketones is 1. The average Bonchev–Trinajstić information content (AvgIpc) is 3.81. The fourth-order valence-corrected chi connectivity index (χ4v) is 14.4. The highest BCUT2D eigenvalue weighted by Gasteiger charge is 2.71. The van der Waals surface area contributed by atoms with Crippen LogP contribution in [-0.4, -0.2) is 40.8 Å². The van der Waals surface area contributed by atoms with E-state index in [2.05, 4.69) is 53.8 Å². The number of hydrogen-bond donors (Lipinski definition) is 2. The molecule has 1 aromatic carbocycles. The number of amides is 1. The summed E-state index contributed by atoms with van der Waals surface area (Å²) in [5.41, 5.74) is 7.60. The Kier molecular flexibility index (Phi) is 9.24. The van der Waals surface area contributed by atoms with Crippen molar-refractivity contribution in [2.75, 3.05) is 0 Å². The molecule has 0 saturated heterocycles. The number of nitrogens with two attached hydrogens (primary N) is 1. The second-order valence-electron chi connectivity index (χ2n) is 21.9. The van der Waals surface area contributed by atoms with Crippen LogP contribution in [0.1, 0.15) is 145 Å². The zero-order valence-electron chi connectivity index (χ0n) is 35.6. The summed E-state index contributed by atoms with van der Waals surface area (Å²) in [6.45, 7) is 20.9. The van der Waals surface area contributed by atoms with Crippen molar-refractivity contribution in [2.45, 2.75) is 163 Å². The maximum Gasteiger partial charge on any atom is 0.309 e. The lowest BCUT2D eigenvalue weighted by atomic mass is 9.33. The Morgan fingerprint density at radius 2 is 1.46 bits per heavy atom. The van der Waals surface area contributed by atoms with Crippen LogP contribution in [0.3, 0.4) is 0 Å². The monoisotopic (exact) mass is 769 g/mol. The fourth-order valence-electron chi connectivity index (χ4n) is 14.4. The van der Waals surface area contributed by atoms with Crippen molar-refractivity contribution in [3.63, 3.8) is 0 Å². The maximum absolute atomic E-state index is 14.0. The van der Waals surface area contributed by atoms with Gasteiger partial charge in [0.25, 0.3) is 0 Å². The molecule has 7 aliphatic rings. The third-order valence-corrected chi connectivity index (χ3v) is 18.3. The van der Waals surface area contributed by atoms with Gasteiger partial charge in [-0.15, -0.1) is 0 Å². The number of allylic oxidation sites excluding steroid dienone is 1. The lowest BCUT2D eigenvalue weighted by Gasteiger charge is -2.72. The number of rotatable bonds is 8. The first-order valence-electron chi connectivity index (χ1n) is 21.9. The summed E-state index contributed by atoms with van der Waals surface area (Å²) in [7, 11) is 0. The molecule has 0 heterocycles. The van der Waals surface area contributed by atoms with Gasteiger partial charge in [-0.3, -0.25) is 19.2 Å². The summed E-state index contributed by atoms with van der Waals surface area (Å²) in [6, 6.07) is 9.70. The van der Waals surface area contributed by atoms with Gasteiger partial charge < -0.3 is 20.5 Å². The molecule has 0 radical (unpaired) electrons. The quantitative estimate of drug-likeness (QED) is 0.254. The van der Waals surface area contributed by atoms with Gasteiger partial charge in [-0.05, 0) is 133 Å². The van der Waals surface area contributed by atoms with Crippen LogP contribution in [0, 0.1) is 62.6 Å². The van der Waals surface area contributed by atoms with Crippen molar-refractivity contribution >= 4 is 23.6 Å². The molecular formula is C48H68N2O6. The zero-order chi connectivity index (χ0) is 40.4. The second-order valence-corrected chi connectivity index (χ2v) is 21.9. The number of hydrogen-bond acceptors (Lipinski definition) is 7. The van der Waals surface area contributed by atoms with E-state index in [1.54, 1.807) is 0 Å². The Morgan fingerprint density at radius 3 is 2.11 bits per heavy atom. The van der Waals surface area contributed by atoms with Crippen LogP contribution in [0.15, 0.2) is 41.5 Å². The van der Waals surface area contributed by atoms with E-state index in [1.807, 2.05) is 44.2 Å². The molecule has 0 aliphatic heterocycles. The number of benzene rings is 1. The van der Waals surface area contributed by atoms with Crippen molar-refractivity contribution in [1.29, 1.82) is 0 Å². The van der Waals surface area contributed by atoms with E-state index in [0.29, 0.717) is 37.5 Å². The minimum absolute atomic E-state index is 0.0136. The van der Waals surface area contributed by atoms with Crippen LogP contribution in [-0.2, 0) is 35.3 Å². The molecule has 8 nitrogen and oxygen atoms in total. The number of carbonyl (C=O) groups is 4. The van der Waals surface area contributed by atoms with Crippen molar-refractivity contribution < 1.29 is 28.7 Å². The molecule has 3 N–H and O–H groups in total. The Hall–Kier alpha value is -3.00. The highest BCUT2D eigenvalue weighted by Crippen LogP contribution is 2.76. The topological polar surface area (TPSA) is 125 Å². The molecule has 2 unspecified atom stereocenters. The van der Waals surface area contributed by atoms with E-state index in [9.17, 15) is 19.2 Å². The molecule has 1 aromatic rings. The Bertz CT molecular complexity index is 1840. The van der Waals surface area contributed by atoms with Gasteiger partial charge in [0.1, 0.15) is 12.7 Å². The van der Waals surface area contributed by atoms with Gasteiger partial charge in [-0.25, -0.2) is 0 Å². The van der Waals surface area contributed by atoms with Crippen LogP contribution in [0.25, 0.3) is 0 Å². The van der Waals surface area contributed by atoms with Crippen LogP contribution in [0.4, 0.5) is 0 Å². The number of esters is 2. The third kappa shape index (κ3) is 5.67. The van der Waals surface area contributed by atoms with Gasteiger partial charge in [-0.2, -0.15) is 0 Å². The van der Waals surface area contributed by atoms with Crippen LogP contribution < -0.4 is 11.1 Å². The Labute approximate surface area is 335 Å². The van der Waals surface area contributed by atoms with Gasteiger partial charge >= 0.3 is 11.9 Å². The first kappa shape index (κ1) is 39.8. The fraction of sp³-hybridized carbons (Fsp3) is 0.750. The van der Waals surface area contributed by atoms with Crippen LogP contribution >= 0.6 is 0 Å². The molecule has 6 fully saturated rings. The van der Waals surface area contributed by atoms with E-state index < -0.39 is 16.5 Å². The third-order valence-electron chi connectivity index (χ3n) is 18.3. The molecule has 10 atom stereocenters. The van der Waals surface area contributed by atoms with Crippen LogP contribution in [0.2, 0.25) is 0 Å². The van der Waals surface area contributed by atoms with Crippen molar-refractivity contribution in [3.8, 4) is 0 Å². The molecule has 56 heavy (non-hydrogen) atoms. The van der Waals surface area contributed by atoms with E-state index in [-0.39, 0.29) is 81.7 Å². The summed E-state index contributed by atoms with van der Waals surface area (Å²) in [5.74, 6) is 0.310. The van der Waals surface area contributed by atoms with Crippen molar-refractivity contribution in [2.24, 2.45) is 68.3 Å². The molecule has 6 saturated carbocycles. The lowest BCUT2D eigenvalue weighted by molar-refractivity contribution is -0.235. The molecule has 0 bridgehead atoms. The van der Waals surface area contributed by atoms with Gasteiger partial charge in [0, 0.05) is 11.8 Å². The minimum atomic E-state index is -0.784. The van der Waals surface area contributed by atoms with Gasteiger partial charge in [0.15, 0.2) is 5.78 Å². The van der Waals surface area contributed by atoms with Gasteiger partial charge in [-0.1, -0.05) is 92.6 Å². The zero-order valence-corrected chi connectivity index (χ0v) is 35.6. The van der Waals surface area contributed by atoms with E-state index in [0.717, 1.165) is 62.5 Å². The minimum Gasteiger partial charge on any atom is -0.462 e. The maximum atomic E-state index is 14.0. The van der Waals surface area contributed by atoms with Crippen LogP contribution in [0.5, 0.6) is 0 Å². The number of ether oxygens (including phenoxy) is 2. The first-order valence-corrected chi connectivity index (χ1v) is 21.9. The number of Topliss-reactive ketones (excluding diaryl/α,β-unsaturated/α-hetero) is 1.